The van der Waals surface area contributed by atoms with Gasteiger partial charge in [-0.1, -0.05) is 29.8 Å². The molecule has 0 unspecified atom stereocenters. The minimum absolute atomic E-state index is 0.0179. The van der Waals surface area contributed by atoms with E-state index < -0.39 is 10.0 Å². The van der Waals surface area contributed by atoms with Crippen LogP contribution in [0.1, 0.15) is 31.2 Å². The van der Waals surface area contributed by atoms with Crippen molar-refractivity contribution >= 4 is 26.0 Å². The first-order valence-corrected chi connectivity index (χ1v) is 8.56. The largest absolute Gasteiger partial charge is 0.329 e. The van der Waals surface area contributed by atoms with Crippen LogP contribution in [0.2, 0.25) is 0 Å². The van der Waals surface area contributed by atoms with Gasteiger partial charge in [0.1, 0.15) is 11.6 Å². The third-order valence-electron chi connectivity index (χ3n) is 2.94. The van der Waals surface area contributed by atoms with E-state index in [1.807, 2.05) is 13.8 Å². The van der Waals surface area contributed by atoms with Gasteiger partial charge < -0.3 is 4.57 Å². The molecule has 0 aliphatic rings. The fourth-order valence-electron chi connectivity index (χ4n) is 1.98. The molecule has 1 aromatic carbocycles. The van der Waals surface area contributed by atoms with Crippen LogP contribution >= 0.6 is 15.9 Å². The van der Waals surface area contributed by atoms with Crippen molar-refractivity contribution in [3.8, 4) is 0 Å². The average Bonchev–Trinajstić information content (AvgIpc) is 2.78. The van der Waals surface area contributed by atoms with Gasteiger partial charge in [-0.25, -0.2) is 22.9 Å². The van der Waals surface area contributed by atoms with Gasteiger partial charge in [-0.2, -0.15) is 0 Å². The molecule has 21 heavy (non-hydrogen) atoms. The molecule has 0 spiro atoms. The van der Waals surface area contributed by atoms with Crippen LogP contribution < -0.4 is 5.14 Å². The van der Waals surface area contributed by atoms with Gasteiger partial charge in [-0.3, -0.25) is 0 Å². The standard InChI is InChI=1S/C13H15BrFN3O2S/c1-8(2)13-17-12(21(16,19)20)7-18(13)6-9-5-10(14)3-4-11(9)15/h3-5,7-8H,6H2,1-2H3,(H2,16,19,20). The number of imidazole rings is 1. The predicted molar refractivity (Wildman–Crippen MR) is 80.9 cm³/mol. The number of benzene rings is 1. The summed E-state index contributed by atoms with van der Waals surface area (Å²) >= 11 is 3.29. The molecule has 8 heteroatoms. The van der Waals surface area contributed by atoms with Gasteiger partial charge in [0.05, 0.1) is 6.54 Å². The molecule has 0 fully saturated rings. The Hall–Kier alpha value is -1.25. The van der Waals surface area contributed by atoms with Crippen LogP contribution in [0, 0.1) is 5.82 Å². The molecule has 0 radical (unpaired) electrons. The first kappa shape index (κ1) is 16.1. The Balaban J connectivity index is 2.48. The maximum Gasteiger partial charge on any atom is 0.257 e. The summed E-state index contributed by atoms with van der Waals surface area (Å²) in [5.41, 5.74) is 0.435. The number of nitrogens with zero attached hydrogens (tertiary/aromatic N) is 2. The first-order chi connectivity index (χ1) is 9.68. The van der Waals surface area contributed by atoms with Crippen LogP contribution in [0.3, 0.4) is 0 Å². The highest BCUT2D eigenvalue weighted by Crippen LogP contribution is 2.21. The van der Waals surface area contributed by atoms with Crippen LogP contribution in [0.15, 0.2) is 33.9 Å². The predicted octanol–water partition coefficient (Wildman–Crippen LogP) is 2.60. The summed E-state index contributed by atoms with van der Waals surface area (Å²) in [6, 6.07) is 4.61. The van der Waals surface area contributed by atoms with Gasteiger partial charge in [0, 0.05) is 22.2 Å². The number of sulfonamides is 1. The Bertz CT molecular complexity index is 772. The molecule has 2 aromatic rings. The van der Waals surface area contributed by atoms with E-state index in [1.54, 1.807) is 16.7 Å². The van der Waals surface area contributed by atoms with Crippen LogP contribution in [-0.2, 0) is 16.6 Å². The van der Waals surface area contributed by atoms with E-state index in [1.165, 1.54) is 12.3 Å². The normalized spacial score (nSPS) is 12.1. The molecule has 2 rings (SSSR count). The molecular formula is C13H15BrFN3O2S. The van der Waals surface area contributed by atoms with Crippen molar-refractivity contribution in [3.63, 3.8) is 0 Å². The van der Waals surface area contributed by atoms with Gasteiger partial charge in [0.15, 0.2) is 5.03 Å². The Labute approximate surface area is 131 Å². The Kier molecular flexibility index (Phi) is 4.50. The molecule has 0 amide bonds. The van der Waals surface area contributed by atoms with E-state index in [9.17, 15) is 12.8 Å². The molecule has 1 aromatic heterocycles. The van der Waals surface area contributed by atoms with E-state index in [0.29, 0.717) is 11.4 Å². The smallest absolute Gasteiger partial charge is 0.257 e. The second kappa shape index (κ2) is 5.86. The van der Waals surface area contributed by atoms with Gasteiger partial charge in [0.2, 0.25) is 0 Å². The number of hydrogen-bond donors (Lipinski definition) is 1. The lowest BCUT2D eigenvalue weighted by Gasteiger charge is -2.11. The summed E-state index contributed by atoms with van der Waals surface area (Å²) < 4.78 is 39.0. The van der Waals surface area contributed by atoms with E-state index in [2.05, 4.69) is 20.9 Å². The summed E-state index contributed by atoms with van der Waals surface area (Å²) in [6.45, 7) is 3.94. The highest BCUT2D eigenvalue weighted by molar-refractivity contribution is 9.10. The summed E-state index contributed by atoms with van der Waals surface area (Å²) in [4.78, 5) is 4.05. The summed E-state index contributed by atoms with van der Waals surface area (Å²) in [5.74, 6) is 0.160. The topological polar surface area (TPSA) is 78.0 Å². The summed E-state index contributed by atoms with van der Waals surface area (Å²) in [6.07, 6.45) is 1.34. The SMILES string of the molecule is CC(C)c1nc(S(N)(=O)=O)cn1Cc1cc(Br)ccc1F. The van der Waals surface area contributed by atoms with Crippen molar-refractivity contribution in [1.82, 2.24) is 9.55 Å². The van der Waals surface area contributed by atoms with Crippen LogP contribution in [0.25, 0.3) is 0 Å². The minimum atomic E-state index is -3.88. The molecule has 5 nitrogen and oxygen atoms in total. The number of nitrogens with two attached hydrogens (primary N) is 1. The van der Waals surface area contributed by atoms with Crippen molar-refractivity contribution < 1.29 is 12.8 Å². The van der Waals surface area contributed by atoms with E-state index in [0.717, 1.165) is 4.47 Å². The van der Waals surface area contributed by atoms with E-state index in [4.69, 9.17) is 5.14 Å². The lowest BCUT2D eigenvalue weighted by Crippen LogP contribution is -2.12. The molecule has 0 atom stereocenters. The summed E-state index contributed by atoms with van der Waals surface area (Å²) in [7, 11) is -3.88. The lowest BCUT2D eigenvalue weighted by molar-refractivity contribution is 0.588. The average molecular weight is 376 g/mol. The third-order valence-corrected chi connectivity index (χ3v) is 4.21. The van der Waals surface area contributed by atoms with Gasteiger partial charge in [-0.15, -0.1) is 0 Å². The highest BCUT2D eigenvalue weighted by Gasteiger charge is 2.19. The molecule has 0 aliphatic heterocycles. The zero-order chi connectivity index (χ0) is 15.8. The highest BCUT2D eigenvalue weighted by atomic mass is 79.9. The first-order valence-electron chi connectivity index (χ1n) is 6.22. The van der Waals surface area contributed by atoms with Crippen molar-refractivity contribution in [3.05, 3.63) is 46.1 Å². The maximum absolute atomic E-state index is 13.8. The second-order valence-corrected chi connectivity index (χ2v) is 7.42. The molecular weight excluding hydrogens is 361 g/mol. The van der Waals surface area contributed by atoms with Crippen molar-refractivity contribution in [2.24, 2.45) is 5.14 Å². The number of aromatic nitrogens is 2. The fraction of sp³-hybridized carbons (Fsp3) is 0.308. The number of primary sulfonamides is 1. The van der Waals surface area contributed by atoms with Gasteiger partial charge in [0.25, 0.3) is 10.0 Å². The Morgan fingerprint density at radius 2 is 2.10 bits per heavy atom. The molecule has 0 saturated heterocycles. The molecule has 0 saturated carbocycles. The van der Waals surface area contributed by atoms with Gasteiger partial charge in [-0.05, 0) is 18.2 Å². The van der Waals surface area contributed by atoms with Crippen molar-refractivity contribution in [1.29, 1.82) is 0 Å². The third kappa shape index (κ3) is 3.69. The Morgan fingerprint density at radius 1 is 1.43 bits per heavy atom. The van der Waals surface area contributed by atoms with Crippen LogP contribution in [0.5, 0.6) is 0 Å². The molecule has 1 heterocycles. The molecule has 0 bridgehead atoms. The zero-order valence-electron chi connectivity index (χ0n) is 11.5. The van der Waals surface area contributed by atoms with Crippen molar-refractivity contribution in [2.75, 3.05) is 0 Å². The quantitative estimate of drug-likeness (QED) is 0.891. The lowest BCUT2D eigenvalue weighted by atomic mass is 10.2. The van der Waals surface area contributed by atoms with Crippen LogP contribution in [-0.4, -0.2) is 18.0 Å². The van der Waals surface area contributed by atoms with E-state index >= 15 is 0 Å². The number of rotatable bonds is 4. The number of halogens is 2. The monoisotopic (exact) mass is 375 g/mol. The fourth-order valence-corrected chi connectivity index (χ4v) is 2.88. The van der Waals surface area contributed by atoms with Crippen LogP contribution in [0.4, 0.5) is 4.39 Å². The van der Waals surface area contributed by atoms with E-state index in [-0.39, 0.29) is 23.3 Å². The Morgan fingerprint density at radius 3 is 2.67 bits per heavy atom. The van der Waals surface area contributed by atoms with Gasteiger partial charge >= 0.3 is 0 Å². The molecule has 114 valence electrons. The molecule has 0 aliphatic carbocycles. The summed E-state index contributed by atoms with van der Waals surface area (Å²) in [5, 5.41) is 4.89. The number of hydrogen-bond acceptors (Lipinski definition) is 3. The zero-order valence-corrected chi connectivity index (χ0v) is 13.9. The maximum atomic E-state index is 13.8. The molecule has 2 N–H and O–H groups in total. The van der Waals surface area contributed by atoms with Crippen molar-refractivity contribution in [2.45, 2.75) is 31.3 Å². The second-order valence-electron chi connectivity index (χ2n) is 5.00. The minimum Gasteiger partial charge on any atom is -0.329 e.